The first-order valence-electron chi connectivity index (χ1n) is 7.63. The van der Waals surface area contributed by atoms with Gasteiger partial charge < -0.3 is 5.11 Å². The van der Waals surface area contributed by atoms with Gasteiger partial charge in [0.05, 0.1) is 6.10 Å². The van der Waals surface area contributed by atoms with E-state index in [1.165, 1.54) is 16.7 Å². The first kappa shape index (κ1) is 14.6. The summed E-state index contributed by atoms with van der Waals surface area (Å²) in [4.78, 5) is 0. The highest BCUT2D eigenvalue weighted by Crippen LogP contribution is 2.32. The topological polar surface area (TPSA) is 20.2 Å². The van der Waals surface area contributed by atoms with Gasteiger partial charge in [-0.15, -0.1) is 0 Å². The number of rotatable bonds is 4. The van der Waals surface area contributed by atoms with Crippen LogP contribution in [0.4, 0.5) is 0 Å². The fourth-order valence-electron chi connectivity index (χ4n) is 2.84. The second kappa shape index (κ2) is 6.59. The van der Waals surface area contributed by atoms with Crippen LogP contribution >= 0.6 is 0 Å². The Balaban J connectivity index is 2.06. The van der Waals surface area contributed by atoms with Crippen molar-refractivity contribution in [2.75, 3.05) is 0 Å². The van der Waals surface area contributed by atoms with Crippen LogP contribution in [0.2, 0.25) is 0 Å². The number of hydrogen-bond acceptors (Lipinski definition) is 1. The fraction of sp³-hybridized carbons (Fsp3) is 0.143. The highest BCUT2D eigenvalue weighted by molar-refractivity contribution is 5.43. The van der Waals surface area contributed by atoms with E-state index in [1.54, 1.807) is 6.92 Å². The Morgan fingerprint density at radius 1 is 0.545 bits per heavy atom. The first-order valence-corrected chi connectivity index (χ1v) is 7.63. The minimum absolute atomic E-state index is 0.213. The van der Waals surface area contributed by atoms with E-state index in [-0.39, 0.29) is 5.92 Å². The second-order valence-electron chi connectivity index (χ2n) is 5.60. The SMILES string of the molecule is CC(O)c1ccc(C(c2ccccc2)c2ccccc2)cc1. The summed E-state index contributed by atoms with van der Waals surface area (Å²) in [6, 6.07) is 29.3. The van der Waals surface area contributed by atoms with Gasteiger partial charge in [-0.05, 0) is 29.2 Å². The first-order chi connectivity index (χ1) is 10.8. The van der Waals surface area contributed by atoms with E-state index in [4.69, 9.17) is 0 Å². The molecule has 3 aromatic carbocycles. The van der Waals surface area contributed by atoms with Gasteiger partial charge >= 0.3 is 0 Å². The molecule has 3 rings (SSSR count). The minimum Gasteiger partial charge on any atom is -0.389 e. The van der Waals surface area contributed by atoms with Crippen molar-refractivity contribution in [3.8, 4) is 0 Å². The van der Waals surface area contributed by atoms with Gasteiger partial charge in [0.1, 0.15) is 0 Å². The normalized spacial score (nSPS) is 12.3. The molecule has 1 unspecified atom stereocenters. The zero-order valence-corrected chi connectivity index (χ0v) is 12.7. The molecule has 3 aromatic rings. The summed E-state index contributed by atoms with van der Waals surface area (Å²) < 4.78 is 0. The third-order valence-corrected chi connectivity index (χ3v) is 4.02. The molecule has 0 aliphatic heterocycles. The van der Waals surface area contributed by atoms with Crippen LogP contribution in [0, 0.1) is 0 Å². The summed E-state index contributed by atoms with van der Waals surface area (Å²) in [6.07, 6.45) is -0.430. The van der Waals surface area contributed by atoms with Gasteiger partial charge in [-0.25, -0.2) is 0 Å². The quantitative estimate of drug-likeness (QED) is 0.676. The van der Waals surface area contributed by atoms with Crippen molar-refractivity contribution in [2.45, 2.75) is 18.9 Å². The van der Waals surface area contributed by atoms with Crippen molar-refractivity contribution in [1.29, 1.82) is 0 Å². The van der Waals surface area contributed by atoms with Crippen molar-refractivity contribution >= 4 is 0 Å². The molecule has 0 saturated heterocycles. The molecule has 0 saturated carbocycles. The van der Waals surface area contributed by atoms with Gasteiger partial charge in [0.15, 0.2) is 0 Å². The lowest BCUT2D eigenvalue weighted by Gasteiger charge is -2.19. The molecule has 0 fully saturated rings. The standard InChI is InChI=1S/C21H20O/c1-16(22)17-12-14-20(15-13-17)21(18-8-4-2-5-9-18)19-10-6-3-7-11-19/h2-16,21-22H,1H3. The summed E-state index contributed by atoms with van der Waals surface area (Å²) >= 11 is 0. The third-order valence-electron chi connectivity index (χ3n) is 4.02. The van der Waals surface area contributed by atoms with E-state index >= 15 is 0 Å². The molecule has 0 aliphatic rings. The number of aliphatic hydroxyl groups excluding tert-OH is 1. The average Bonchev–Trinajstić information content (AvgIpc) is 2.57. The molecule has 1 heteroatoms. The summed E-state index contributed by atoms with van der Waals surface area (Å²) in [6.45, 7) is 1.79. The van der Waals surface area contributed by atoms with Crippen molar-refractivity contribution in [3.63, 3.8) is 0 Å². The van der Waals surface area contributed by atoms with Crippen LogP contribution in [0.25, 0.3) is 0 Å². The Labute approximate surface area is 131 Å². The average molecular weight is 288 g/mol. The summed E-state index contributed by atoms with van der Waals surface area (Å²) in [5, 5.41) is 9.69. The van der Waals surface area contributed by atoms with Gasteiger partial charge in [0.25, 0.3) is 0 Å². The summed E-state index contributed by atoms with van der Waals surface area (Å²) in [5.74, 6) is 0.213. The van der Waals surface area contributed by atoms with E-state index in [0.29, 0.717) is 0 Å². The molecule has 0 heterocycles. The third kappa shape index (κ3) is 3.10. The van der Waals surface area contributed by atoms with Crippen molar-refractivity contribution in [2.24, 2.45) is 0 Å². The van der Waals surface area contributed by atoms with Gasteiger partial charge in [0.2, 0.25) is 0 Å². The Kier molecular flexibility index (Phi) is 4.36. The zero-order valence-electron chi connectivity index (χ0n) is 12.7. The number of aliphatic hydroxyl groups is 1. The summed E-state index contributed by atoms with van der Waals surface area (Å²) in [5.41, 5.74) is 4.74. The van der Waals surface area contributed by atoms with Crippen LogP contribution in [0.3, 0.4) is 0 Å². The second-order valence-corrected chi connectivity index (χ2v) is 5.60. The van der Waals surface area contributed by atoms with Gasteiger partial charge in [-0.3, -0.25) is 0 Å². The minimum atomic E-state index is -0.430. The molecule has 0 amide bonds. The van der Waals surface area contributed by atoms with E-state index in [2.05, 4.69) is 60.7 Å². The lowest BCUT2D eigenvalue weighted by Crippen LogP contribution is -2.03. The fourth-order valence-corrected chi connectivity index (χ4v) is 2.84. The van der Waals surface area contributed by atoms with Crippen molar-refractivity contribution < 1.29 is 5.11 Å². The maximum absolute atomic E-state index is 9.69. The molecule has 1 nitrogen and oxygen atoms in total. The van der Waals surface area contributed by atoms with Crippen molar-refractivity contribution in [1.82, 2.24) is 0 Å². The Morgan fingerprint density at radius 2 is 0.909 bits per heavy atom. The molecule has 0 radical (unpaired) electrons. The molecule has 22 heavy (non-hydrogen) atoms. The van der Waals surface area contributed by atoms with Crippen LogP contribution in [0.5, 0.6) is 0 Å². The molecule has 0 bridgehead atoms. The van der Waals surface area contributed by atoms with Crippen molar-refractivity contribution in [3.05, 3.63) is 107 Å². The molecular weight excluding hydrogens is 268 g/mol. The molecule has 1 atom stereocenters. The van der Waals surface area contributed by atoms with Gasteiger partial charge in [-0.2, -0.15) is 0 Å². The lowest BCUT2D eigenvalue weighted by molar-refractivity contribution is 0.199. The van der Waals surface area contributed by atoms with E-state index in [1.807, 2.05) is 24.3 Å². The molecular formula is C21H20O. The van der Waals surface area contributed by atoms with Crippen LogP contribution in [0.15, 0.2) is 84.9 Å². The predicted octanol–water partition coefficient (Wildman–Crippen LogP) is 4.92. The largest absolute Gasteiger partial charge is 0.389 e. The van der Waals surface area contributed by atoms with Crippen LogP contribution in [-0.2, 0) is 0 Å². The molecule has 110 valence electrons. The lowest BCUT2D eigenvalue weighted by atomic mass is 9.85. The zero-order chi connectivity index (χ0) is 15.4. The molecule has 0 aromatic heterocycles. The number of hydrogen-bond donors (Lipinski definition) is 1. The van der Waals surface area contributed by atoms with Crippen LogP contribution < -0.4 is 0 Å². The maximum atomic E-state index is 9.69. The molecule has 0 aliphatic carbocycles. The van der Waals surface area contributed by atoms with E-state index in [0.717, 1.165) is 5.56 Å². The maximum Gasteiger partial charge on any atom is 0.0761 e. The van der Waals surface area contributed by atoms with Crippen LogP contribution in [-0.4, -0.2) is 5.11 Å². The highest BCUT2D eigenvalue weighted by Gasteiger charge is 2.16. The number of benzene rings is 3. The predicted molar refractivity (Wildman–Crippen MR) is 90.9 cm³/mol. The Hall–Kier alpha value is -2.38. The van der Waals surface area contributed by atoms with Gasteiger partial charge in [-0.1, -0.05) is 84.9 Å². The molecule has 0 spiro atoms. The monoisotopic (exact) mass is 288 g/mol. The van der Waals surface area contributed by atoms with Crippen LogP contribution in [0.1, 0.15) is 41.2 Å². The highest BCUT2D eigenvalue weighted by atomic mass is 16.3. The van der Waals surface area contributed by atoms with E-state index < -0.39 is 6.10 Å². The Morgan fingerprint density at radius 3 is 1.32 bits per heavy atom. The summed E-state index contributed by atoms with van der Waals surface area (Å²) in [7, 11) is 0. The van der Waals surface area contributed by atoms with E-state index in [9.17, 15) is 5.11 Å². The van der Waals surface area contributed by atoms with Gasteiger partial charge in [0, 0.05) is 5.92 Å². The Bertz CT molecular complexity index is 660. The smallest absolute Gasteiger partial charge is 0.0761 e. The molecule has 1 N–H and O–H groups in total.